The zero-order valence-electron chi connectivity index (χ0n) is 12.5. The lowest BCUT2D eigenvalue weighted by molar-refractivity contribution is 0.726. The zero-order valence-corrected chi connectivity index (χ0v) is 12.5. The fourth-order valence-electron chi connectivity index (χ4n) is 2.29. The molecule has 0 bridgehead atoms. The van der Waals surface area contributed by atoms with Crippen molar-refractivity contribution in [1.29, 1.82) is 0 Å². The molecular formula is C17H24N2. The van der Waals surface area contributed by atoms with Crippen LogP contribution in [0.1, 0.15) is 50.4 Å². The van der Waals surface area contributed by atoms with Crippen LogP contribution in [0.25, 0.3) is 10.9 Å². The van der Waals surface area contributed by atoms with Crippen molar-refractivity contribution in [2.45, 2.75) is 46.6 Å². The molecule has 0 spiro atoms. The van der Waals surface area contributed by atoms with Crippen LogP contribution >= 0.6 is 0 Å². The van der Waals surface area contributed by atoms with Gasteiger partial charge >= 0.3 is 0 Å². The molecule has 0 aliphatic carbocycles. The molecule has 0 aliphatic heterocycles. The summed E-state index contributed by atoms with van der Waals surface area (Å²) in [5, 5.41) is 4.73. The van der Waals surface area contributed by atoms with E-state index >= 15 is 0 Å². The van der Waals surface area contributed by atoms with E-state index in [2.05, 4.69) is 57.3 Å². The first-order chi connectivity index (χ1) is 9.15. The third-order valence-corrected chi connectivity index (χ3v) is 3.54. The molecule has 0 amide bonds. The molecule has 2 heteroatoms. The van der Waals surface area contributed by atoms with E-state index in [0.717, 1.165) is 25.0 Å². The first-order valence-corrected chi connectivity index (χ1v) is 7.28. The lowest BCUT2D eigenvalue weighted by Gasteiger charge is -2.13. The van der Waals surface area contributed by atoms with Gasteiger partial charge in [0.2, 0.25) is 0 Å². The Labute approximate surface area is 116 Å². The number of nitrogens with one attached hydrogen (secondary N) is 1. The summed E-state index contributed by atoms with van der Waals surface area (Å²) < 4.78 is 0. The standard InChI is InChI=1S/C17H24N2/c1-5-13-7-8-16-15(9-13)14(11-18-6-2)10-17(19-16)12(3)4/h7-10,12,18H,5-6,11H2,1-4H3. The number of hydrogen-bond donors (Lipinski definition) is 1. The van der Waals surface area contributed by atoms with Crippen molar-refractivity contribution < 1.29 is 0 Å². The Morgan fingerprint density at radius 3 is 2.58 bits per heavy atom. The molecule has 1 N–H and O–H groups in total. The molecule has 1 aromatic carbocycles. The largest absolute Gasteiger partial charge is 0.313 e. The molecule has 0 saturated carbocycles. The smallest absolute Gasteiger partial charge is 0.0708 e. The summed E-state index contributed by atoms with van der Waals surface area (Å²) in [6.45, 7) is 10.7. The molecule has 1 aromatic heterocycles. The second-order valence-corrected chi connectivity index (χ2v) is 5.35. The van der Waals surface area contributed by atoms with E-state index in [4.69, 9.17) is 4.98 Å². The minimum absolute atomic E-state index is 0.468. The van der Waals surface area contributed by atoms with Gasteiger partial charge in [-0.2, -0.15) is 0 Å². The number of rotatable bonds is 5. The van der Waals surface area contributed by atoms with Crippen LogP contribution in [-0.4, -0.2) is 11.5 Å². The van der Waals surface area contributed by atoms with Crippen LogP contribution < -0.4 is 5.32 Å². The minimum Gasteiger partial charge on any atom is -0.313 e. The van der Waals surface area contributed by atoms with Crippen LogP contribution in [0.5, 0.6) is 0 Å². The van der Waals surface area contributed by atoms with E-state index in [1.807, 2.05) is 0 Å². The third kappa shape index (κ3) is 3.13. The number of pyridine rings is 1. The maximum absolute atomic E-state index is 4.79. The summed E-state index contributed by atoms with van der Waals surface area (Å²) in [5.41, 5.74) is 5.05. The molecule has 2 rings (SSSR count). The minimum atomic E-state index is 0.468. The van der Waals surface area contributed by atoms with E-state index in [0.29, 0.717) is 5.92 Å². The molecule has 0 atom stereocenters. The topological polar surface area (TPSA) is 24.9 Å². The van der Waals surface area contributed by atoms with E-state index in [-0.39, 0.29) is 0 Å². The molecule has 0 fully saturated rings. The monoisotopic (exact) mass is 256 g/mol. The van der Waals surface area contributed by atoms with Crippen molar-refractivity contribution in [2.24, 2.45) is 0 Å². The SMILES string of the molecule is CCNCc1cc(C(C)C)nc2ccc(CC)cc12. The Morgan fingerprint density at radius 1 is 1.16 bits per heavy atom. The van der Waals surface area contributed by atoms with Gasteiger partial charge in [-0.3, -0.25) is 4.98 Å². The van der Waals surface area contributed by atoms with Crippen molar-refractivity contribution in [1.82, 2.24) is 10.3 Å². The van der Waals surface area contributed by atoms with E-state index in [9.17, 15) is 0 Å². The molecular weight excluding hydrogens is 232 g/mol. The zero-order chi connectivity index (χ0) is 13.8. The third-order valence-electron chi connectivity index (χ3n) is 3.54. The van der Waals surface area contributed by atoms with Crippen molar-refractivity contribution in [3.63, 3.8) is 0 Å². The second-order valence-electron chi connectivity index (χ2n) is 5.35. The van der Waals surface area contributed by atoms with Crippen molar-refractivity contribution >= 4 is 10.9 Å². The van der Waals surface area contributed by atoms with Crippen LogP contribution in [0.15, 0.2) is 24.3 Å². The van der Waals surface area contributed by atoms with Gasteiger partial charge in [0, 0.05) is 17.6 Å². The van der Waals surface area contributed by atoms with Crippen LogP contribution in [-0.2, 0) is 13.0 Å². The highest BCUT2D eigenvalue weighted by Crippen LogP contribution is 2.23. The first-order valence-electron chi connectivity index (χ1n) is 7.28. The summed E-state index contributed by atoms with van der Waals surface area (Å²) in [4.78, 5) is 4.79. The Bertz CT molecular complexity index is 558. The van der Waals surface area contributed by atoms with Gasteiger partial charge in [0.05, 0.1) is 5.52 Å². The van der Waals surface area contributed by atoms with Gasteiger partial charge < -0.3 is 5.32 Å². The fourth-order valence-corrected chi connectivity index (χ4v) is 2.29. The maximum atomic E-state index is 4.79. The Hall–Kier alpha value is -1.41. The Balaban J connectivity index is 2.56. The molecule has 19 heavy (non-hydrogen) atoms. The van der Waals surface area contributed by atoms with Crippen LogP contribution in [0.4, 0.5) is 0 Å². The van der Waals surface area contributed by atoms with Gasteiger partial charge in [0.1, 0.15) is 0 Å². The second kappa shape index (κ2) is 6.16. The Morgan fingerprint density at radius 2 is 1.95 bits per heavy atom. The van der Waals surface area contributed by atoms with E-state index in [1.165, 1.54) is 22.2 Å². The van der Waals surface area contributed by atoms with Gasteiger partial charge in [-0.15, -0.1) is 0 Å². The number of hydrogen-bond acceptors (Lipinski definition) is 2. The molecule has 0 radical (unpaired) electrons. The number of benzene rings is 1. The van der Waals surface area contributed by atoms with Gasteiger partial charge in [-0.05, 0) is 48.2 Å². The summed E-state index contributed by atoms with van der Waals surface area (Å²) in [6, 6.07) is 8.90. The highest BCUT2D eigenvalue weighted by atomic mass is 14.8. The van der Waals surface area contributed by atoms with Gasteiger partial charge in [-0.25, -0.2) is 0 Å². The van der Waals surface area contributed by atoms with Crippen molar-refractivity contribution in [3.8, 4) is 0 Å². The fraction of sp³-hybridized carbons (Fsp3) is 0.471. The van der Waals surface area contributed by atoms with Crippen LogP contribution in [0.3, 0.4) is 0 Å². The Kier molecular flexibility index (Phi) is 4.54. The van der Waals surface area contributed by atoms with Gasteiger partial charge in [0.25, 0.3) is 0 Å². The summed E-state index contributed by atoms with van der Waals surface area (Å²) in [5.74, 6) is 0.468. The highest BCUT2D eigenvalue weighted by Gasteiger charge is 2.08. The lowest BCUT2D eigenvalue weighted by Crippen LogP contribution is -2.13. The molecule has 0 aliphatic rings. The molecule has 0 saturated heterocycles. The highest BCUT2D eigenvalue weighted by molar-refractivity contribution is 5.83. The summed E-state index contributed by atoms with van der Waals surface area (Å²) >= 11 is 0. The molecule has 102 valence electrons. The van der Waals surface area contributed by atoms with E-state index < -0.39 is 0 Å². The molecule has 2 nitrogen and oxygen atoms in total. The number of aromatic nitrogens is 1. The summed E-state index contributed by atoms with van der Waals surface area (Å²) in [7, 11) is 0. The predicted molar refractivity (Wildman–Crippen MR) is 82.6 cm³/mol. The summed E-state index contributed by atoms with van der Waals surface area (Å²) in [6.07, 6.45) is 1.07. The quantitative estimate of drug-likeness (QED) is 0.873. The molecule has 2 aromatic rings. The number of nitrogens with zero attached hydrogens (tertiary/aromatic N) is 1. The lowest BCUT2D eigenvalue weighted by atomic mass is 10.0. The number of fused-ring (bicyclic) bond motifs is 1. The number of aryl methyl sites for hydroxylation is 1. The maximum Gasteiger partial charge on any atom is 0.0708 e. The first kappa shape index (κ1) is 14.0. The van der Waals surface area contributed by atoms with Crippen molar-refractivity contribution in [3.05, 3.63) is 41.1 Å². The average Bonchev–Trinajstić information content (AvgIpc) is 2.43. The normalized spacial score (nSPS) is 11.4. The average molecular weight is 256 g/mol. The van der Waals surface area contributed by atoms with Gasteiger partial charge in [-0.1, -0.05) is 33.8 Å². The van der Waals surface area contributed by atoms with Crippen LogP contribution in [0, 0.1) is 0 Å². The van der Waals surface area contributed by atoms with Gasteiger partial charge in [0.15, 0.2) is 0 Å². The molecule has 0 unspecified atom stereocenters. The predicted octanol–water partition coefficient (Wildman–Crippen LogP) is 4.03. The van der Waals surface area contributed by atoms with Crippen LogP contribution in [0.2, 0.25) is 0 Å². The van der Waals surface area contributed by atoms with E-state index in [1.54, 1.807) is 0 Å². The van der Waals surface area contributed by atoms with Crippen molar-refractivity contribution in [2.75, 3.05) is 6.54 Å². The molecule has 1 heterocycles.